The fraction of sp³-hybridized carbons (Fsp3) is 0.923. The molecule has 0 aromatic heterocycles. The fourth-order valence-corrected chi connectivity index (χ4v) is 3.30. The van der Waals surface area contributed by atoms with Gasteiger partial charge in [0.15, 0.2) is 0 Å². The summed E-state index contributed by atoms with van der Waals surface area (Å²) in [6, 6.07) is 1.25. The second-order valence-electron chi connectivity index (χ2n) is 5.47. The molecule has 0 spiro atoms. The highest BCUT2D eigenvalue weighted by molar-refractivity contribution is 5.77. The van der Waals surface area contributed by atoms with E-state index in [9.17, 15) is 0 Å². The van der Waals surface area contributed by atoms with Crippen LogP contribution in [0.25, 0.3) is 0 Å². The number of piperazine rings is 1. The lowest BCUT2D eigenvalue weighted by Gasteiger charge is -2.46. The number of hydrogen-bond donors (Lipinski definition) is 2. The molecule has 2 saturated heterocycles. The van der Waals surface area contributed by atoms with Gasteiger partial charge in [0.1, 0.15) is 0 Å². The topological polar surface area (TPSA) is 56.4 Å². The van der Waals surface area contributed by atoms with Crippen LogP contribution in [0.1, 0.15) is 39.0 Å². The number of hydrogen-bond acceptors (Lipinski definition) is 3. The van der Waals surface area contributed by atoms with Crippen LogP contribution < -0.4 is 5.73 Å². The van der Waals surface area contributed by atoms with Gasteiger partial charge in [0.05, 0.1) is 5.84 Å². The number of rotatable bonds is 4. The number of amidine groups is 1. The van der Waals surface area contributed by atoms with Crippen LogP contribution in [0.15, 0.2) is 0 Å². The van der Waals surface area contributed by atoms with Crippen molar-refractivity contribution >= 4 is 5.84 Å². The Bertz CT molecular complexity index is 266. The number of piperidine rings is 1. The highest BCUT2D eigenvalue weighted by Crippen LogP contribution is 2.23. The fourth-order valence-electron chi connectivity index (χ4n) is 3.30. The van der Waals surface area contributed by atoms with Crippen molar-refractivity contribution in [3.05, 3.63) is 0 Å². The predicted octanol–water partition coefficient (Wildman–Crippen LogP) is 1.26. The molecule has 2 atom stereocenters. The SMILES string of the molecule is CCC(CC(=N)N)N1CCN2CCCCC2C1. The van der Waals surface area contributed by atoms with Crippen LogP contribution >= 0.6 is 0 Å². The van der Waals surface area contributed by atoms with Crippen molar-refractivity contribution < 1.29 is 0 Å². The van der Waals surface area contributed by atoms with Gasteiger partial charge >= 0.3 is 0 Å². The average molecular weight is 238 g/mol. The Kier molecular flexibility index (Phi) is 4.40. The van der Waals surface area contributed by atoms with E-state index in [2.05, 4.69) is 16.7 Å². The lowest BCUT2D eigenvalue weighted by molar-refractivity contribution is 0.0278. The van der Waals surface area contributed by atoms with E-state index in [-0.39, 0.29) is 0 Å². The summed E-state index contributed by atoms with van der Waals surface area (Å²) in [4.78, 5) is 5.22. The third-order valence-corrected chi connectivity index (χ3v) is 4.31. The van der Waals surface area contributed by atoms with Crippen LogP contribution in [0.4, 0.5) is 0 Å². The Labute approximate surface area is 105 Å². The molecule has 0 amide bonds. The van der Waals surface area contributed by atoms with Gasteiger partial charge < -0.3 is 5.73 Å². The molecule has 3 N–H and O–H groups in total. The normalized spacial score (nSPS) is 28.6. The van der Waals surface area contributed by atoms with E-state index in [4.69, 9.17) is 11.1 Å². The average Bonchev–Trinajstić information content (AvgIpc) is 2.35. The molecule has 2 heterocycles. The monoisotopic (exact) mass is 238 g/mol. The summed E-state index contributed by atoms with van der Waals surface area (Å²) in [5.41, 5.74) is 5.55. The van der Waals surface area contributed by atoms with Crippen molar-refractivity contribution in [2.45, 2.75) is 51.1 Å². The summed E-state index contributed by atoms with van der Waals surface area (Å²) in [5, 5.41) is 7.47. The standard InChI is InChI=1S/C13H26N4/c1-2-11(9-13(14)15)17-8-7-16-6-4-3-5-12(16)10-17/h11-12H,2-10H2,1H3,(H3,14,15). The van der Waals surface area contributed by atoms with Crippen LogP contribution in [0, 0.1) is 5.41 Å². The summed E-state index contributed by atoms with van der Waals surface area (Å²) < 4.78 is 0. The maximum absolute atomic E-state index is 7.47. The molecule has 0 radical (unpaired) electrons. The zero-order valence-corrected chi connectivity index (χ0v) is 11.0. The van der Waals surface area contributed by atoms with Crippen LogP contribution in [0.2, 0.25) is 0 Å². The van der Waals surface area contributed by atoms with E-state index >= 15 is 0 Å². The molecule has 2 aliphatic rings. The minimum atomic E-state index is 0.336. The van der Waals surface area contributed by atoms with Crippen LogP contribution in [0.5, 0.6) is 0 Å². The molecule has 2 unspecified atom stereocenters. The van der Waals surface area contributed by atoms with Gasteiger partial charge in [-0.2, -0.15) is 0 Å². The van der Waals surface area contributed by atoms with E-state index in [1.54, 1.807) is 0 Å². The van der Waals surface area contributed by atoms with Gasteiger partial charge in [0.2, 0.25) is 0 Å². The summed E-state index contributed by atoms with van der Waals surface area (Å²) >= 11 is 0. The van der Waals surface area contributed by atoms with Gasteiger partial charge in [0, 0.05) is 38.1 Å². The molecule has 0 saturated carbocycles. The number of nitrogens with two attached hydrogens (primary N) is 1. The molecular formula is C13H26N4. The van der Waals surface area contributed by atoms with E-state index in [0.717, 1.165) is 25.4 Å². The van der Waals surface area contributed by atoms with Crippen LogP contribution in [-0.2, 0) is 0 Å². The van der Waals surface area contributed by atoms with E-state index < -0.39 is 0 Å². The molecule has 17 heavy (non-hydrogen) atoms. The molecule has 0 aromatic carbocycles. The lowest BCUT2D eigenvalue weighted by atomic mass is 9.97. The molecule has 2 rings (SSSR count). The van der Waals surface area contributed by atoms with Crippen molar-refractivity contribution in [3.63, 3.8) is 0 Å². The molecule has 0 bridgehead atoms. The van der Waals surface area contributed by atoms with Gasteiger partial charge in [-0.3, -0.25) is 15.2 Å². The van der Waals surface area contributed by atoms with Gasteiger partial charge in [-0.25, -0.2) is 0 Å². The first kappa shape index (κ1) is 12.8. The molecule has 0 aromatic rings. The second-order valence-corrected chi connectivity index (χ2v) is 5.47. The number of fused-ring (bicyclic) bond motifs is 1. The van der Waals surface area contributed by atoms with Gasteiger partial charge in [0.25, 0.3) is 0 Å². The third-order valence-electron chi connectivity index (χ3n) is 4.31. The Morgan fingerprint density at radius 2 is 2.18 bits per heavy atom. The van der Waals surface area contributed by atoms with Crippen LogP contribution in [0.3, 0.4) is 0 Å². The third kappa shape index (κ3) is 3.19. The molecule has 4 heteroatoms. The van der Waals surface area contributed by atoms with E-state index in [1.165, 1.54) is 38.9 Å². The van der Waals surface area contributed by atoms with Crippen molar-refractivity contribution in [2.75, 3.05) is 26.2 Å². The highest BCUT2D eigenvalue weighted by atomic mass is 15.3. The first-order valence-corrected chi connectivity index (χ1v) is 7.01. The van der Waals surface area contributed by atoms with E-state index in [0.29, 0.717) is 11.9 Å². The summed E-state index contributed by atoms with van der Waals surface area (Å²) in [6.45, 7) is 7.05. The molecule has 4 nitrogen and oxygen atoms in total. The number of nitrogens with zero attached hydrogens (tertiary/aromatic N) is 2. The predicted molar refractivity (Wildman–Crippen MR) is 71.4 cm³/mol. The summed E-state index contributed by atoms with van der Waals surface area (Å²) in [6.07, 6.45) is 5.96. The van der Waals surface area contributed by atoms with E-state index in [1.807, 2.05) is 0 Å². The smallest absolute Gasteiger partial charge is 0.0921 e. The summed E-state index contributed by atoms with van der Waals surface area (Å²) in [5.74, 6) is 0.336. The van der Waals surface area contributed by atoms with Gasteiger partial charge in [-0.15, -0.1) is 0 Å². The molecule has 98 valence electrons. The zero-order valence-electron chi connectivity index (χ0n) is 11.0. The zero-order chi connectivity index (χ0) is 12.3. The molecule has 0 aliphatic carbocycles. The maximum Gasteiger partial charge on any atom is 0.0921 e. The minimum Gasteiger partial charge on any atom is -0.388 e. The van der Waals surface area contributed by atoms with Crippen molar-refractivity contribution in [1.82, 2.24) is 9.80 Å². The lowest BCUT2D eigenvalue weighted by Crippen LogP contribution is -2.57. The summed E-state index contributed by atoms with van der Waals surface area (Å²) in [7, 11) is 0. The number of nitrogens with one attached hydrogen (secondary N) is 1. The quantitative estimate of drug-likeness (QED) is 0.573. The van der Waals surface area contributed by atoms with Crippen LogP contribution in [-0.4, -0.2) is 53.9 Å². The Hall–Kier alpha value is -0.610. The second kappa shape index (κ2) is 5.83. The highest BCUT2D eigenvalue weighted by Gasteiger charge is 2.31. The van der Waals surface area contributed by atoms with Crippen molar-refractivity contribution in [3.8, 4) is 0 Å². The Morgan fingerprint density at radius 1 is 1.35 bits per heavy atom. The molecular weight excluding hydrogens is 212 g/mol. The van der Waals surface area contributed by atoms with Gasteiger partial charge in [-0.05, 0) is 25.8 Å². The first-order valence-electron chi connectivity index (χ1n) is 7.01. The maximum atomic E-state index is 7.47. The first-order chi connectivity index (χ1) is 8.20. The Balaban J connectivity index is 1.91. The largest absolute Gasteiger partial charge is 0.388 e. The van der Waals surface area contributed by atoms with Crippen molar-refractivity contribution in [1.29, 1.82) is 5.41 Å². The molecule has 2 aliphatic heterocycles. The van der Waals surface area contributed by atoms with Gasteiger partial charge in [-0.1, -0.05) is 13.3 Å². The molecule has 2 fully saturated rings. The van der Waals surface area contributed by atoms with Crippen molar-refractivity contribution in [2.24, 2.45) is 5.73 Å². The Morgan fingerprint density at radius 3 is 2.88 bits per heavy atom. The minimum absolute atomic E-state index is 0.336.